The number of nitrogens with zero attached hydrogens (tertiary/aromatic N) is 4. The third-order valence-electron chi connectivity index (χ3n) is 5.67. The Labute approximate surface area is 195 Å². The topological polar surface area (TPSA) is 112 Å². The first kappa shape index (κ1) is 25.5. The van der Waals surface area contributed by atoms with Crippen molar-refractivity contribution in [2.45, 2.75) is 58.1 Å². The van der Waals surface area contributed by atoms with E-state index in [9.17, 15) is 27.9 Å². The zero-order valence-electron chi connectivity index (χ0n) is 19.4. The summed E-state index contributed by atoms with van der Waals surface area (Å²) in [5.41, 5.74) is -0.377. The van der Waals surface area contributed by atoms with Crippen molar-refractivity contribution in [2.24, 2.45) is 5.41 Å². The quantitative estimate of drug-likeness (QED) is 0.582. The number of rotatable bonds is 6. The maximum absolute atomic E-state index is 13.5. The Bertz CT molecular complexity index is 1020. The summed E-state index contributed by atoms with van der Waals surface area (Å²) in [6.45, 7) is 5.80. The molecule has 2 aromatic rings. The molecule has 186 valence electrons. The van der Waals surface area contributed by atoms with Crippen LogP contribution in [0.5, 0.6) is 0 Å². The van der Waals surface area contributed by atoms with Gasteiger partial charge in [0.1, 0.15) is 17.8 Å². The first-order valence-corrected chi connectivity index (χ1v) is 10.8. The molecule has 1 aromatic heterocycles. The van der Waals surface area contributed by atoms with Gasteiger partial charge in [-0.15, -0.1) is 5.10 Å². The van der Waals surface area contributed by atoms with E-state index in [4.69, 9.17) is 0 Å². The molecule has 1 saturated heterocycles. The van der Waals surface area contributed by atoms with Gasteiger partial charge in [0.2, 0.25) is 11.8 Å². The number of carbonyl (C=O) groups excluding carboxylic acids is 2. The van der Waals surface area contributed by atoms with Crippen LogP contribution in [0.15, 0.2) is 30.5 Å². The summed E-state index contributed by atoms with van der Waals surface area (Å²) in [4.78, 5) is 27.1. The molecule has 3 N–H and O–H groups in total. The van der Waals surface area contributed by atoms with Crippen molar-refractivity contribution in [3.05, 3.63) is 41.7 Å². The number of aliphatic hydroxyl groups excluding tert-OH is 1. The normalized spacial score (nSPS) is 19.7. The predicted octanol–water partition coefficient (Wildman–Crippen LogP) is 2.20. The average Bonchev–Trinajstić information content (AvgIpc) is 3.37. The molecule has 0 saturated carbocycles. The predicted molar refractivity (Wildman–Crippen MR) is 117 cm³/mol. The Hall–Kier alpha value is -3.15. The van der Waals surface area contributed by atoms with Crippen LogP contribution >= 0.6 is 0 Å². The van der Waals surface area contributed by atoms with Gasteiger partial charge in [0.25, 0.3) is 0 Å². The minimum atomic E-state index is -4.40. The summed E-state index contributed by atoms with van der Waals surface area (Å²) >= 11 is 0. The van der Waals surface area contributed by atoms with Gasteiger partial charge in [-0.2, -0.15) is 13.2 Å². The summed E-state index contributed by atoms with van der Waals surface area (Å²) in [6.07, 6.45) is -3.46. The number of aliphatic hydroxyl groups is 1. The Morgan fingerprint density at radius 1 is 1.21 bits per heavy atom. The number of alkyl halides is 3. The molecule has 1 aliphatic heterocycles. The number of carbonyl (C=O) groups is 2. The number of nitrogens with one attached hydrogen (secondary N) is 2. The molecule has 1 aliphatic rings. The second-order valence-electron chi connectivity index (χ2n) is 9.40. The van der Waals surface area contributed by atoms with E-state index in [1.54, 1.807) is 6.20 Å². The maximum atomic E-state index is 13.5. The first-order valence-electron chi connectivity index (χ1n) is 10.8. The molecule has 2 heterocycles. The van der Waals surface area contributed by atoms with Crippen LogP contribution in [0.3, 0.4) is 0 Å². The Morgan fingerprint density at radius 2 is 1.85 bits per heavy atom. The second kappa shape index (κ2) is 9.61. The monoisotopic (exact) mass is 482 g/mol. The third-order valence-corrected chi connectivity index (χ3v) is 5.67. The number of hydrogen-bond donors (Lipinski definition) is 3. The smallest absolute Gasteiger partial charge is 0.391 e. The van der Waals surface area contributed by atoms with Crippen LogP contribution in [0.2, 0.25) is 0 Å². The highest BCUT2D eigenvalue weighted by Crippen LogP contribution is 2.34. The van der Waals surface area contributed by atoms with Crippen molar-refractivity contribution in [3.8, 4) is 0 Å². The number of aromatic nitrogens is 3. The number of amides is 2. The summed E-state index contributed by atoms with van der Waals surface area (Å²) in [5, 5.41) is 23.8. The molecular formula is C22H29F3N6O3. The van der Waals surface area contributed by atoms with Gasteiger partial charge in [-0.1, -0.05) is 26.0 Å². The number of likely N-dealkylation sites (N-methyl/N-ethyl adjacent to an activating group) is 1. The highest BCUT2D eigenvalue weighted by atomic mass is 19.4. The van der Waals surface area contributed by atoms with Crippen LogP contribution in [-0.2, 0) is 22.3 Å². The Kier molecular flexibility index (Phi) is 7.20. The van der Waals surface area contributed by atoms with Crippen molar-refractivity contribution in [1.29, 1.82) is 0 Å². The van der Waals surface area contributed by atoms with Crippen LogP contribution in [0.1, 0.15) is 44.5 Å². The second-order valence-corrected chi connectivity index (χ2v) is 9.40. The van der Waals surface area contributed by atoms with E-state index in [0.29, 0.717) is 11.4 Å². The minimum Gasteiger partial charge on any atom is -0.391 e. The van der Waals surface area contributed by atoms with Gasteiger partial charge in [0.05, 0.1) is 24.4 Å². The molecule has 9 nitrogen and oxygen atoms in total. The largest absolute Gasteiger partial charge is 0.416 e. The third kappa shape index (κ3) is 5.66. The lowest BCUT2D eigenvalue weighted by molar-refractivity contribution is -0.144. The zero-order chi connectivity index (χ0) is 25.3. The van der Waals surface area contributed by atoms with Gasteiger partial charge >= 0.3 is 6.18 Å². The molecule has 1 fully saturated rings. The Balaban J connectivity index is 1.76. The van der Waals surface area contributed by atoms with E-state index in [-0.39, 0.29) is 31.3 Å². The van der Waals surface area contributed by atoms with Crippen molar-refractivity contribution in [1.82, 2.24) is 25.2 Å². The Morgan fingerprint density at radius 3 is 2.41 bits per heavy atom. The molecule has 3 rings (SSSR count). The molecule has 2 unspecified atom stereocenters. The highest BCUT2D eigenvalue weighted by Gasteiger charge is 2.45. The molecule has 0 aliphatic carbocycles. The standard InChI is InChI=1S/C22H29F3N6O3/c1-21(2,3)18(20(34)30-12-16(32)9-17(30)19(33)26-4)31-11-15(28-29-31)10-27-14-7-5-13(6-8-14)22(23,24)25/h5-8,11,16-18,27,32H,9-10,12H2,1-4H3,(H,26,33)/t16?,17?,18-/m1/s1. The van der Waals surface area contributed by atoms with Gasteiger partial charge in [-0.3, -0.25) is 9.59 Å². The van der Waals surface area contributed by atoms with Crippen molar-refractivity contribution in [3.63, 3.8) is 0 Å². The highest BCUT2D eigenvalue weighted by molar-refractivity contribution is 5.90. The molecule has 0 spiro atoms. The van der Waals surface area contributed by atoms with E-state index in [1.807, 2.05) is 20.8 Å². The van der Waals surface area contributed by atoms with E-state index in [2.05, 4.69) is 20.9 Å². The molecule has 0 bridgehead atoms. The van der Waals surface area contributed by atoms with Crippen LogP contribution in [0, 0.1) is 5.41 Å². The summed E-state index contributed by atoms with van der Waals surface area (Å²) in [7, 11) is 1.48. The van der Waals surface area contributed by atoms with Crippen LogP contribution in [0.25, 0.3) is 0 Å². The lowest BCUT2D eigenvalue weighted by Gasteiger charge is -2.34. The van der Waals surface area contributed by atoms with Crippen molar-refractivity contribution in [2.75, 3.05) is 18.9 Å². The molecule has 1 aromatic carbocycles. The maximum Gasteiger partial charge on any atom is 0.416 e. The van der Waals surface area contributed by atoms with E-state index in [0.717, 1.165) is 12.1 Å². The minimum absolute atomic E-state index is 0.0422. The van der Waals surface area contributed by atoms with Crippen LogP contribution in [-0.4, -0.2) is 62.6 Å². The molecule has 2 amide bonds. The number of hydrogen-bond acceptors (Lipinski definition) is 6. The van der Waals surface area contributed by atoms with Crippen molar-refractivity contribution >= 4 is 17.5 Å². The van der Waals surface area contributed by atoms with Crippen molar-refractivity contribution < 1.29 is 27.9 Å². The van der Waals surface area contributed by atoms with Gasteiger partial charge in [0.15, 0.2) is 0 Å². The molecule has 3 atom stereocenters. The van der Waals surface area contributed by atoms with Crippen LogP contribution in [0.4, 0.5) is 18.9 Å². The summed E-state index contributed by atoms with van der Waals surface area (Å²) < 4.78 is 39.6. The number of halogens is 3. The zero-order valence-corrected chi connectivity index (χ0v) is 19.4. The lowest BCUT2D eigenvalue weighted by atomic mass is 9.85. The summed E-state index contributed by atoms with van der Waals surface area (Å²) in [6, 6.07) is 3.05. The average molecular weight is 483 g/mol. The SMILES string of the molecule is CNC(=O)C1CC(O)CN1C(=O)[C@@H](n1cc(CNc2ccc(C(F)(F)F)cc2)nn1)C(C)(C)C. The van der Waals surface area contributed by atoms with Crippen LogP contribution < -0.4 is 10.6 Å². The fraction of sp³-hybridized carbons (Fsp3) is 0.545. The van der Waals surface area contributed by atoms with E-state index < -0.39 is 35.3 Å². The molecular weight excluding hydrogens is 453 g/mol. The van der Waals surface area contributed by atoms with Gasteiger partial charge in [-0.05, 0) is 29.7 Å². The number of β-amino-alcohol motifs (C(OH)–C–C–N with tert-alkyl or cyclic N) is 1. The molecule has 34 heavy (non-hydrogen) atoms. The summed E-state index contributed by atoms with van der Waals surface area (Å²) in [5.74, 6) is -0.706. The fourth-order valence-electron chi connectivity index (χ4n) is 4.00. The van der Waals surface area contributed by atoms with Gasteiger partial charge in [0, 0.05) is 25.7 Å². The lowest BCUT2D eigenvalue weighted by Crippen LogP contribution is -2.49. The first-order chi connectivity index (χ1) is 15.8. The molecule has 12 heteroatoms. The fourth-order valence-corrected chi connectivity index (χ4v) is 4.00. The number of benzene rings is 1. The van der Waals surface area contributed by atoms with Gasteiger partial charge < -0.3 is 20.6 Å². The number of likely N-dealkylation sites (tertiary alicyclic amines) is 1. The van der Waals surface area contributed by atoms with E-state index >= 15 is 0 Å². The number of anilines is 1. The van der Waals surface area contributed by atoms with Gasteiger partial charge in [-0.25, -0.2) is 4.68 Å². The van der Waals surface area contributed by atoms with E-state index in [1.165, 1.54) is 28.8 Å². The molecule has 0 radical (unpaired) electrons.